The largest absolute Gasteiger partial charge is 0.492 e. The van der Waals surface area contributed by atoms with Gasteiger partial charge >= 0.3 is 0 Å². The topological polar surface area (TPSA) is 131 Å². The maximum Gasteiger partial charge on any atom is 0.246 e. The highest BCUT2D eigenvalue weighted by Gasteiger charge is 2.45. The Bertz CT molecular complexity index is 2580. The van der Waals surface area contributed by atoms with E-state index in [2.05, 4.69) is 37.6 Å². The molecule has 8 rings (SSSR count). The second-order valence-electron chi connectivity index (χ2n) is 21.9. The Labute approximate surface area is 427 Å². The first-order valence-corrected chi connectivity index (χ1v) is 26.5. The Hall–Kier alpha value is -5.13. The Balaban J connectivity index is 0.764. The van der Waals surface area contributed by atoms with Crippen molar-refractivity contribution in [2.45, 2.75) is 129 Å². The number of β-amino-alcohol motifs (C(OH)–C–C–N with tert-alkyl or cyclic N) is 1. The number of benzene rings is 3. The number of nitrogens with one attached hydrogen (secondary N) is 2. The molecule has 1 aliphatic carbocycles. The Kier molecular flexibility index (Phi) is 16.7. The highest BCUT2D eigenvalue weighted by molar-refractivity contribution is 7.13. The van der Waals surface area contributed by atoms with E-state index in [-0.39, 0.29) is 74.2 Å². The number of aliphatic hydroxyl groups excluding tert-OH is 1. The van der Waals surface area contributed by atoms with Gasteiger partial charge in [-0.2, -0.15) is 0 Å². The van der Waals surface area contributed by atoms with Crippen LogP contribution in [0.4, 0.5) is 13.2 Å². The van der Waals surface area contributed by atoms with Crippen LogP contribution in [0.3, 0.4) is 0 Å². The van der Waals surface area contributed by atoms with Crippen LogP contribution in [0.15, 0.2) is 71.7 Å². The number of aryl methyl sites for hydroxylation is 1. The number of unbranched alkanes of at least 4 members (excludes halogenated alkanes) is 1. The summed E-state index contributed by atoms with van der Waals surface area (Å²) < 4.78 is 53.6. The minimum absolute atomic E-state index is 0.00832. The van der Waals surface area contributed by atoms with Gasteiger partial charge in [-0.3, -0.25) is 24.2 Å². The van der Waals surface area contributed by atoms with E-state index in [1.54, 1.807) is 11.3 Å². The van der Waals surface area contributed by atoms with E-state index in [1.165, 1.54) is 30.9 Å². The number of fused-ring (bicyclic) bond motifs is 2. The highest BCUT2D eigenvalue weighted by atomic mass is 32.1. The van der Waals surface area contributed by atoms with Gasteiger partial charge in [0.05, 0.1) is 28.2 Å². The number of amides is 3. The molecule has 4 aromatic rings. The van der Waals surface area contributed by atoms with Gasteiger partial charge in [-0.15, -0.1) is 11.3 Å². The van der Waals surface area contributed by atoms with E-state index in [4.69, 9.17) is 4.74 Å². The molecule has 0 bridgehead atoms. The fraction of sp³-hybridized carbons (Fsp3) is 0.536. The SMILES string of the molecule is Cc1ncsc1-c1ccc(CNC(=O)[C@@H]2C[C@@H](O)CN2C(=O)[C@@H](NC(=O)CCCCN2CCN(CCOc3cc(F)c([C@@H]4C5=C(C[C@@H](C)N4CC(C)(C)F)c4ccccc4C5)c(F)c3)CC2)C(C)(C)C)cc1. The molecule has 4 heterocycles. The number of hydrogen-bond acceptors (Lipinski definition) is 10. The number of halogens is 3. The minimum Gasteiger partial charge on any atom is -0.492 e. The number of aromatic nitrogens is 1. The predicted molar refractivity (Wildman–Crippen MR) is 276 cm³/mol. The molecule has 3 N–H and O–H groups in total. The van der Waals surface area contributed by atoms with Gasteiger partial charge in [0, 0.05) is 88.9 Å². The molecule has 16 heteroatoms. The molecule has 0 radical (unpaired) electrons. The monoisotopic (exact) mass is 1010 g/mol. The summed E-state index contributed by atoms with van der Waals surface area (Å²) in [7, 11) is 0. The molecule has 0 unspecified atom stereocenters. The van der Waals surface area contributed by atoms with Gasteiger partial charge in [-0.05, 0) is 98.7 Å². The number of thiazole rings is 1. The predicted octanol–water partition coefficient (Wildman–Crippen LogP) is 8.27. The standard InChI is InChI=1S/C56H72F3N7O5S/c1-35-26-43-42-13-9-8-12-39(42)27-44(43)50(66(35)33-56(6,7)59)49-45(57)29-41(30-46(49)58)71-25-24-64-22-20-63(21-23-64)19-11-10-14-48(68)62-52(55(3,4)5)54(70)65-32-40(67)28-47(65)53(69)60-31-37-15-17-38(18-16-37)51-36(2)61-34-72-51/h8-9,12-13,15-18,29-30,34-35,40,47,50,52,67H,10-11,14,19-28,31-33H2,1-7H3,(H,60,69)(H,62,68)/t35-,40-,47+,50+,52-/m1/s1. The van der Waals surface area contributed by atoms with Gasteiger partial charge in [0.15, 0.2) is 0 Å². The molecule has 0 spiro atoms. The molecule has 2 saturated heterocycles. The number of ether oxygens (including phenoxy) is 1. The number of carbonyl (C=O) groups excluding carboxylic acids is 3. The van der Waals surface area contributed by atoms with Crippen LogP contribution < -0.4 is 15.4 Å². The molecule has 388 valence electrons. The van der Waals surface area contributed by atoms with Crippen molar-refractivity contribution in [3.63, 3.8) is 0 Å². The second-order valence-corrected chi connectivity index (χ2v) is 22.8. The molecule has 3 amide bonds. The summed E-state index contributed by atoms with van der Waals surface area (Å²) in [6.07, 6.45) is 2.18. The van der Waals surface area contributed by atoms with E-state index in [9.17, 15) is 19.5 Å². The van der Waals surface area contributed by atoms with Crippen molar-refractivity contribution in [2.75, 3.05) is 59.0 Å². The van der Waals surface area contributed by atoms with Gasteiger partial charge in [0.25, 0.3) is 0 Å². The van der Waals surface area contributed by atoms with Gasteiger partial charge < -0.3 is 30.3 Å². The number of aliphatic hydroxyl groups is 1. The number of alkyl halides is 1. The molecule has 3 aromatic carbocycles. The molecule has 72 heavy (non-hydrogen) atoms. The lowest BCUT2D eigenvalue weighted by molar-refractivity contribution is -0.144. The Morgan fingerprint density at radius 3 is 2.28 bits per heavy atom. The molecule has 0 saturated carbocycles. The third kappa shape index (κ3) is 12.6. The third-order valence-electron chi connectivity index (χ3n) is 14.7. The lowest BCUT2D eigenvalue weighted by Gasteiger charge is -2.44. The number of likely N-dealkylation sites (tertiary alicyclic amines) is 1. The summed E-state index contributed by atoms with van der Waals surface area (Å²) in [5.41, 5.74) is 6.74. The zero-order valence-electron chi connectivity index (χ0n) is 42.9. The molecular weight excluding hydrogens is 940 g/mol. The lowest BCUT2D eigenvalue weighted by Crippen LogP contribution is -2.57. The van der Waals surface area contributed by atoms with Crippen molar-refractivity contribution >= 4 is 34.6 Å². The van der Waals surface area contributed by atoms with Crippen LogP contribution in [-0.4, -0.2) is 136 Å². The van der Waals surface area contributed by atoms with Crippen molar-refractivity contribution in [2.24, 2.45) is 5.41 Å². The normalized spacial score (nSPS) is 21.4. The lowest BCUT2D eigenvalue weighted by atomic mass is 9.84. The van der Waals surface area contributed by atoms with Crippen LogP contribution in [0.5, 0.6) is 5.75 Å². The smallest absolute Gasteiger partial charge is 0.246 e. The zero-order chi connectivity index (χ0) is 51.5. The average molecular weight is 1010 g/mol. The summed E-state index contributed by atoms with van der Waals surface area (Å²) in [6.45, 7) is 17.8. The maximum atomic E-state index is 16.2. The summed E-state index contributed by atoms with van der Waals surface area (Å²) in [5.74, 6) is -2.25. The van der Waals surface area contributed by atoms with Gasteiger partial charge in [-0.1, -0.05) is 69.3 Å². The molecular formula is C56H72F3N7O5S. The van der Waals surface area contributed by atoms with E-state index in [0.29, 0.717) is 25.8 Å². The number of nitrogens with zero attached hydrogens (tertiary/aromatic N) is 5. The van der Waals surface area contributed by atoms with Crippen LogP contribution in [-0.2, 0) is 27.3 Å². The number of carbonyl (C=O) groups is 3. The molecule has 2 fully saturated rings. The van der Waals surface area contributed by atoms with Crippen LogP contribution in [0.25, 0.3) is 16.0 Å². The highest BCUT2D eigenvalue weighted by Crippen LogP contribution is 2.50. The summed E-state index contributed by atoms with van der Waals surface area (Å²) in [6, 6.07) is 15.9. The number of hydrogen-bond donors (Lipinski definition) is 3. The van der Waals surface area contributed by atoms with Crippen LogP contribution in [0, 0.1) is 24.0 Å². The first-order chi connectivity index (χ1) is 34.2. The fourth-order valence-corrected chi connectivity index (χ4v) is 11.7. The van der Waals surface area contributed by atoms with Gasteiger partial charge in [0.2, 0.25) is 17.7 Å². The van der Waals surface area contributed by atoms with Crippen molar-refractivity contribution < 1.29 is 37.4 Å². The Morgan fingerprint density at radius 1 is 0.944 bits per heavy atom. The maximum absolute atomic E-state index is 16.2. The quantitative estimate of drug-likeness (QED) is 0.0844. The van der Waals surface area contributed by atoms with Gasteiger partial charge in [-0.25, -0.2) is 18.2 Å². The second kappa shape index (κ2) is 22.6. The third-order valence-corrected chi connectivity index (χ3v) is 15.7. The molecule has 12 nitrogen and oxygen atoms in total. The molecule has 4 aliphatic rings. The minimum atomic E-state index is -1.56. The summed E-state index contributed by atoms with van der Waals surface area (Å²) in [4.78, 5) is 54.3. The zero-order valence-corrected chi connectivity index (χ0v) is 43.7. The van der Waals surface area contributed by atoms with Crippen LogP contribution >= 0.6 is 11.3 Å². The first kappa shape index (κ1) is 53.2. The number of piperazine rings is 1. The van der Waals surface area contributed by atoms with Crippen molar-refractivity contribution in [3.05, 3.63) is 111 Å². The molecule has 5 atom stereocenters. The van der Waals surface area contributed by atoms with Crippen molar-refractivity contribution in [3.8, 4) is 16.2 Å². The van der Waals surface area contributed by atoms with Crippen molar-refractivity contribution in [1.29, 1.82) is 0 Å². The van der Waals surface area contributed by atoms with E-state index >= 15 is 13.2 Å². The average Bonchev–Trinajstić information content (AvgIpc) is 4.05. The van der Waals surface area contributed by atoms with Crippen LogP contribution in [0.1, 0.15) is 108 Å². The summed E-state index contributed by atoms with van der Waals surface area (Å²) in [5, 5.41) is 16.6. The number of rotatable bonds is 18. The fourth-order valence-electron chi connectivity index (χ4n) is 10.9. The van der Waals surface area contributed by atoms with E-state index in [0.717, 1.165) is 83.1 Å². The molecule has 1 aromatic heterocycles. The van der Waals surface area contributed by atoms with Crippen LogP contribution in [0.2, 0.25) is 0 Å². The van der Waals surface area contributed by atoms with E-state index < -0.39 is 46.9 Å². The van der Waals surface area contributed by atoms with Gasteiger partial charge in [0.1, 0.15) is 41.7 Å². The van der Waals surface area contributed by atoms with Crippen molar-refractivity contribution in [1.82, 2.24) is 35.2 Å². The van der Waals surface area contributed by atoms with E-state index in [1.807, 2.05) is 81.4 Å². The molecule has 3 aliphatic heterocycles. The Morgan fingerprint density at radius 2 is 1.62 bits per heavy atom. The summed E-state index contributed by atoms with van der Waals surface area (Å²) >= 11 is 1.58. The first-order valence-electron chi connectivity index (χ1n) is 25.6.